The van der Waals surface area contributed by atoms with Crippen LogP contribution in [-0.2, 0) is 4.74 Å². The molecule has 0 unspecified atom stereocenters. The highest BCUT2D eigenvalue weighted by molar-refractivity contribution is 5.80. The van der Waals surface area contributed by atoms with Crippen molar-refractivity contribution in [2.45, 2.75) is 18.9 Å². The number of methoxy groups -OCH3 is 1. The second kappa shape index (κ2) is 9.59. The molecule has 132 valence electrons. The third-order valence-electron chi connectivity index (χ3n) is 3.79. The van der Waals surface area contributed by atoms with E-state index in [1.807, 2.05) is 12.1 Å². The summed E-state index contributed by atoms with van der Waals surface area (Å²) in [5.74, 6) is 1.48. The fraction of sp³-hybridized carbons (Fsp3) is 0.562. The van der Waals surface area contributed by atoms with Crippen LogP contribution in [0.25, 0.3) is 0 Å². The van der Waals surface area contributed by atoms with Crippen LogP contribution in [0.1, 0.15) is 12.8 Å². The smallest absolute Gasteiger partial charge is 0.409 e. The Balaban J connectivity index is 1.65. The zero-order valence-corrected chi connectivity index (χ0v) is 14.2. The Kier molecular flexibility index (Phi) is 7.13. The van der Waals surface area contributed by atoms with Gasteiger partial charge in [0.15, 0.2) is 5.96 Å². The number of amides is 1. The maximum absolute atomic E-state index is 11.5. The molecule has 0 aromatic carbocycles. The maximum Gasteiger partial charge on any atom is 0.409 e. The molecule has 1 aliphatic heterocycles. The number of hydrogen-bond donors (Lipinski definition) is 2. The monoisotopic (exact) mass is 335 g/mol. The van der Waals surface area contributed by atoms with Crippen molar-refractivity contribution in [2.24, 2.45) is 4.99 Å². The molecule has 1 aromatic heterocycles. The highest BCUT2D eigenvalue weighted by Gasteiger charge is 2.23. The standard InChI is InChI=1S/C16H25N5O3/c1-17-15(19-8-11-24-14-4-3-7-18-12-14)20-13-5-9-21(10-6-13)16(22)23-2/h3-4,7,12-13H,5-6,8-11H2,1-2H3,(H2,17,19,20). The molecule has 0 atom stereocenters. The molecule has 0 radical (unpaired) electrons. The van der Waals surface area contributed by atoms with Gasteiger partial charge in [-0.2, -0.15) is 0 Å². The first-order chi connectivity index (χ1) is 11.7. The molecule has 0 aliphatic carbocycles. The highest BCUT2D eigenvalue weighted by Crippen LogP contribution is 2.11. The number of hydrogen-bond acceptors (Lipinski definition) is 5. The van der Waals surface area contributed by atoms with Crippen LogP contribution in [0.2, 0.25) is 0 Å². The quantitative estimate of drug-likeness (QED) is 0.471. The van der Waals surface area contributed by atoms with Crippen molar-refractivity contribution in [1.29, 1.82) is 0 Å². The normalized spacial score (nSPS) is 15.8. The first-order valence-corrected chi connectivity index (χ1v) is 8.06. The van der Waals surface area contributed by atoms with Gasteiger partial charge < -0.3 is 25.0 Å². The third kappa shape index (κ3) is 5.60. The van der Waals surface area contributed by atoms with Crippen molar-refractivity contribution in [1.82, 2.24) is 20.5 Å². The summed E-state index contributed by atoms with van der Waals surface area (Å²) in [5, 5.41) is 6.59. The van der Waals surface area contributed by atoms with E-state index in [9.17, 15) is 4.79 Å². The summed E-state index contributed by atoms with van der Waals surface area (Å²) in [6.45, 7) is 2.53. The molecular formula is C16H25N5O3. The zero-order chi connectivity index (χ0) is 17.2. The van der Waals surface area contributed by atoms with Gasteiger partial charge in [0.2, 0.25) is 0 Å². The number of piperidine rings is 1. The van der Waals surface area contributed by atoms with Crippen LogP contribution in [0.3, 0.4) is 0 Å². The molecule has 8 nitrogen and oxygen atoms in total. The molecule has 1 aromatic rings. The van der Waals surface area contributed by atoms with Crippen molar-refractivity contribution in [3.8, 4) is 5.75 Å². The van der Waals surface area contributed by atoms with E-state index in [0.29, 0.717) is 26.2 Å². The fourth-order valence-corrected chi connectivity index (χ4v) is 2.49. The minimum Gasteiger partial charge on any atom is -0.490 e. The molecule has 1 saturated heterocycles. The fourth-order valence-electron chi connectivity index (χ4n) is 2.49. The van der Waals surface area contributed by atoms with E-state index < -0.39 is 0 Å². The van der Waals surface area contributed by atoms with E-state index in [-0.39, 0.29) is 12.1 Å². The second-order valence-corrected chi connectivity index (χ2v) is 5.41. The third-order valence-corrected chi connectivity index (χ3v) is 3.79. The molecule has 2 N–H and O–H groups in total. The van der Waals surface area contributed by atoms with E-state index in [0.717, 1.165) is 24.6 Å². The van der Waals surface area contributed by atoms with Gasteiger partial charge in [-0.15, -0.1) is 0 Å². The van der Waals surface area contributed by atoms with Gasteiger partial charge >= 0.3 is 6.09 Å². The number of pyridine rings is 1. The summed E-state index contributed by atoms with van der Waals surface area (Å²) in [7, 11) is 3.15. The Bertz CT molecular complexity index is 530. The van der Waals surface area contributed by atoms with Crippen molar-refractivity contribution in [3.63, 3.8) is 0 Å². The zero-order valence-electron chi connectivity index (χ0n) is 14.2. The first-order valence-electron chi connectivity index (χ1n) is 8.06. The Hall–Kier alpha value is -2.51. The number of guanidine groups is 1. The maximum atomic E-state index is 11.5. The van der Waals surface area contributed by atoms with Gasteiger partial charge in [-0.1, -0.05) is 0 Å². The van der Waals surface area contributed by atoms with Crippen LogP contribution in [0.5, 0.6) is 5.75 Å². The van der Waals surface area contributed by atoms with Crippen molar-refractivity contribution in [2.75, 3.05) is 40.4 Å². The average molecular weight is 335 g/mol. The molecule has 1 fully saturated rings. The number of nitrogens with zero attached hydrogens (tertiary/aromatic N) is 3. The predicted molar refractivity (Wildman–Crippen MR) is 91.2 cm³/mol. The van der Waals surface area contributed by atoms with Crippen molar-refractivity contribution >= 4 is 12.1 Å². The number of nitrogens with one attached hydrogen (secondary N) is 2. The van der Waals surface area contributed by atoms with Gasteiger partial charge in [-0.25, -0.2) is 4.79 Å². The number of ether oxygens (including phenoxy) is 2. The average Bonchev–Trinajstić information content (AvgIpc) is 2.65. The van der Waals surface area contributed by atoms with Crippen LogP contribution in [-0.4, -0.2) is 68.4 Å². The lowest BCUT2D eigenvalue weighted by Gasteiger charge is -2.32. The largest absolute Gasteiger partial charge is 0.490 e. The van der Waals surface area contributed by atoms with Gasteiger partial charge in [0.1, 0.15) is 12.4 Å². The van der Waals surface area contributed by atoms with Crippen LogP contribution in [0.15, 0.2) is 29.5 Å². The Labute approximate surface area is 142 Å². The molecule has 0 saturated carbocycles. The van der Waals surface area contributed by atoms with Crippen LogP contribution < -0.4 is 15.4 Å². The molecule has 0 bridgehead atoms. The van der Waals surface area contributed by atoms with Gasteiger partial charge in [0.05, 0.1) is 19.9 Å². The SMILES string of the molecule is CN=C(NCCOc1cccnc1)NC1CCN(C(=O)OC)CC1. The van der Waals surface area contributed by atoms with Crippen molar-refractivity contribution < 1.29 is 14.3 Å². The molecular weight excluding hydrogens is 310 g/mol. The summed E-state index contributed by atoms with van der Waals surface area (Å²) in [4.78, 5) is 21.4. The van der Waals surface area contributed by atoms with E-state index in [2.05, 4.69) is 20.6 Å². The minimum absolute atomic E-state index is 0.261. The molecule has 2 rings (SSSR count). The number of aromatic nitrogens is 1. The molecule has 2 heterocycles. The second-order valence-electron chi connectivity index (χ2n) is 5.41. The number of rotatable bonds is 5. The summed E-state index contributed by atoms with van der Waals surface area (Å²) < 4.78 is 10.3. The first kappa shape index (κ1) is 17.8. The van der Waals surface area contributed by atoms with E-state index in [1.54, 1.807) is 24.3 Å². The molecule has 1 amide bonds. The Morgan fingerprint density at radius 3 is 2.88 bits per heavy atom. The molecule has 8 heteroatoms. The van der Waals surface area contributed by atoms with Gasteiger partial charge in [-0.05, 0) is 25.0 Å². The number of likely N-dealkylation sites (tertiary alicyclic amines) is 1. The van der Waals surface area contributed by atoms with Crippen LogP contribution in [0, 0.1) is 0 Å². The van der Waals surface area contributed by atoms with E-state index in [1.165, 1.54) is 7.11 Å². The predicted octanol–water partition coefficient (Wildman–Crippen LogP) is 0.856. The topological polar surface area (TPSA) is 88.1 Å². The van der Waals surface area contributed by atoms with Crippen LogP contribution >= 0.6 is 0 Å². The van der Waals surface area contributed by atoms with Gasteiger partial charge in [0.25, 0.3) is 0 Å². The number of carbonyl (C=O) groups is 1. The van der Waals surface area contributed by atoms with Gasteiger partial charge in [0, 0.05) is 32.4 Å². The lowest BCUT2D eigenvalue weighted by Crippen LogP contribution is -2.50. The van der Waals surface area contributed by atoms with E-state index >= 15 is 0 Å². The summed E-state index contributed by atoms with van der Waals surface area (Å²) in [5.41, 5.74) is 0. The van der Waals surface area contributed by atoms with E-state index in [4.69, 9.17) is 9.47 Å². The summed E-state index contributed by atoms with van der Waals surface area (Å²) in [6, 6.07) is 4.00. The molecule has 0 spiro atoms. The molecule has 24 heavy (non-hydrogen) atoms. The highest BCUT2D eigenvalue weighted by atomic mass is 16.5. The number of aliphatic imine (C=N–C) groups is 1. The van der Waals surface area contributed by atoms with Gasteiger partial charge in [-0.3, -0.25) is 9.98 Å². The summed E-state index contributed by atoms with van der Waals surface area (Å²) in [6.07, 6.45) is 4.86. The van der Waals surface area contributed by atoms with Crippen molar-refractivity contribution in [3.05, 3.63) is 24.5 Å². The minimum atomic E-state index is -0.261. The lowest BCUT2D eigenvalue weighted by atomic mass is 10.1. The lowest BCUT2D eigenvalue weighted by molar-refractivity contribution is 0.111. The summed E-state index contributed by atoms with van der Waals surface area (Å²) >= 11 is 0. The Morgan fingerprint density at radius 1 is 1.46 bits per heavy atom. The van der Waals surface area contributed by atoms with Crippen LogP contribution in [0.4, 0.5) is 4.79 Å². The number of carbonyl (C=O) groups excluding carboxylic acids is 1. The molecule has 1 aliphatic rings. The Morgan fingerprint density at radius 2 is 2.25 bits per heavy atom.